The highest BCUT2D eigenvalue weighted by molar-refractivity contribution is 5.98. The Kier molecular flexibility index (Phi) is 24.4. The molecule has 1 fully saturated rings. The number of carboxylic acid groups (broad SMARTS) is 1. The van der Waals surface area contributed by atoms with Crippen molar-refractivity contribution in [2.45, 2.75) is 168 Å². The maximum absolute atomic E-state index is 14.4. The number of hydrogen-bond acceptors (Lipinski definition) is 14. The molecule has 11 atom stereocenters. The summed E-state index contributed by atoms with van der Waals surface area (Å²) in [6.45, 7) is 14.5. The van der Waals surface area contributed by atoms with Crippen LogP contribution in [0.4, 0.5) is 0 Å². The number of imidazole rings is 1. The fourth-order valence-corrected chi connectivity index (χ4v) is 8.35. The summed E-state index contributed by atoms with van der Waals surface area (Å²) in [5.41, 5.74) is 7.01. The van der Waals surface area contributed by atoms with E-state index in [1.807, 2.05) is 13.8 Å². The molecule has 3 rings (SSSR count). The molecule has 1 aliphatic heterocycles. The first-order valence-electron chi connectivity index (χ1n) is 25.2. The van der Waals surface area contributed by atoms with Crippen LogP contribution in [0.2, 0.25) is 0 Å². The highest BCUT2D eigenvalue weighted by Gasteiger charge is 2.41. The van der Waals surface area contributed by atoms with Gasteiger partial charge in [0.2, 0.25) is 47.3 Å². The van der Waals surface area contributed by atoms with Crippen LogP contribution >= 0.6 is 0 Å². The number of carbonyl (C=O) groups excluding carboxylic acids is 8. The van der Waals surface area contributed by atoms with Gasteiger partial charge in [-0.15, -0.1) is 0 Å². The fraction of sp³-hybridized carbons (Fsp3) is 0.640. The van der Waals surface area contributed by atoms with E-state index >= 15 is 0 Å². The number of aromatic amines is 1. The Balaban J connectivity index is 1.87. The lowest BCUT2D eigenvalue weighted by Gasteiger charge is -2.32. The molecule has 0 unspecified atom stereocenters. The van der Waals surface area contributed by atoms with E-state index in [0.29, 0.717) is 24.1 Å². The maximum atomic E-state index is 14.4. The number of aliphatic hydroxyl groups is 2. The molecule has 2 heterocycles. The molecule has 74 heavy (non-hydrogen) atoms. The minimum atomic E-state index is -1.73. The van der Waals surface area contributed by atoms with Crippen molar-refractivity contribution in [3.63, 3.8) is 0 Å². The minimum absolute atomic E-state index is 0.0429. The second-order valence-electron chi connectivity index (χ2n) is 20.3. The minimum Gasteiger partial charge on any atom is -0.508 e. The first-order valence-corrected chi connectivity index (χ1v) is 25.2. The van der Waals surface area contributed by atoms with Gasteiger partial charge in [-0.05, 0) is 74.0 Å². The van der Waals surface area contributed by atoms with Crippen LogP contribution in [-0.4, -0.2) is 162 Å². The van der Waals surface area contributed by atoms with E-state index < -0.39 is 132 Å². The Bertz CT molecular complexity index is 2210. The van der Waals surface area contributed by atoms with E-state index in [1.54, 1.807) is 41.5 Å². The quantitative estimate of drug-likeness (QED) is 0.0458. The number of H-pyrrole nitrogens is 1. The topological polar surface area (TPSA) is 377 Å². The normalized spacial score (nSPS) is 17.6. The Labute approximate surface area is 431 Å². The molecule has 1 aliphatic rings. The van der Waals surface area contributed by atoms with Gasteiger partial charge in [-0.25, -0.2) is 9.78 Å². The van der Waals surface area contributed by atoms with Gasteiger partial charge in [0.15, 0.2) is 0 Å². The first-order chi connectivity index (χ1) is 34.8. The zero-order valence-corrected chi connectivity index (χ0v) is 43.8. The number of nitrogens with zero attached hydrogens (tertiary/aromatic N) is 2. The molecule has 0 radical (unpaired) electrons. The lowest BCUT2D eigenvalue weighted by molar-refractivity contribution is -0.146. The summed E-state index contributed by atoms with van der Waals surface area (Å²) in [6, 6.07) is -6.13. The zero-order chi connectivity index (χ0) is 55.6. The number of aliphatic carboxylic acids is 1. The molecule has 24 heteroatoms. The first kappa shape index (κ1) is 61.6. The van der Waals surface area contributed by atoms with Crippen molar-refractivity contribution < 1.29 is 63.6 Å². The van der Waals surface area contributed by atoms with Gasteiger partial charge in [-0.2, -0.15) is 0 Å². The molecule has 1 saturated heterocycles. The number of carboxylic acids is 1. The Hall–Kier alpha value is -6.66. The second kappa shape index (κ2) is 29.3. The molecular formula is C50H79N11O13. The van der Waals surface area contributed by atoms with E-state index in [4.69, 9.17) is 5.73 Å². The van der Waals surface area contributed by atoms with Crippen molar-refractivity contribution in [2.75, 3.05) is 13.2 Å². The monoisotopic (exact) mass is 1040 g/mol. The highest BCUT2D eigenvalue weighted by Crippen LogP contribution is 2.22. The van der Waals surface area contributed by atoms with Crippen molar-refractivity contribution in [1.82, 2.24) is 52.1 Å². The van der Waals surface area contributed by atoms with Gasteiger partial charge in [0.25, 0.3) is 0 Å². The molecule has 1 aromatic heterocycles. The standard InChI is InChI=1S/C50H79N11O13/c1-10-28(8)40(59-45(68)37(23-62)57-42(65)33(51)21-31-22-52-24-53-31)47(70)60-41(29(9)63)48(71)55-35(20-30-13-15-32(64)16-14-30)44(67)54-34(18-25(2)3)43(66)56-36(19-26(4)5)49(72)61-17-11-12-38(61)46(69)58-39(27(6)7)50(73)74/h13-16,22,24-29,33-41,62-64H,10-12,17-21,23,51H2,1-9H3,(H,52,53)(H,54,67)(H,55,71)(H,56,66)(H,57,65)(H,58,69)(H,59,68)(H,60,70)(H,73,74)/t28-,29+,33-,34-,35-,36-,37-,38-,39-,40-,41-/m0/s1. The molecule has 0 saturated carbocycles. The number of hydrogen-bond donors (Lipinski definition) is 13. The Morgan fingerprint density at radius 2 is 1.24 bits per heavy atom. The van der Waals surface area contributed by atoms with Crippen LogP contribution in [0.1, 0.15) is 106 Å². The summed E-state index contributed by atoms with van der Waals surface area (Å²) in [7, 11) is 0. The van der Waals surface area contributed by atoms with Crippen molar-refractivity contribution in [3.8, 4) is 5.75 Å². The third-order valence-corrected chi connectivity index (χ3v) is 12.7. The van der Waals surface area contributed by atoms with Crippen molar-refractivity contribution in [3.05, 3.63) is 48.0 Å². The summed E-state index contributed by atoms with van der Waals surface area (Å²) in [5, 5.41) is 58.7. The predicted octanol–water partition coefficient (Wildman–Crippen LogP) is -1.14. The van der Waals surface area contributed by atoms with E-state index in [0.717, 1.165) is 0 Å². The van der Waals surface area contributed by atoms with Crippen molar-refractivity contribution in [1.29, 1.82) is 0 Å². The maximum Gasteiger partial charge on any atom is 0.326 e. The third-order valence-electron chi connectivity index (χ3n) is 12.7. The molecule has 14 N–H and O–H groups in total. The van der Waals surface area contributed by atoms with Crippen LogP contribution in [0, 0.1) is 23.7 Å². The lowest BCUT2D eigenvalue weighted by atomic mass is 9.97. The Morgan fingerprint density at radius 3 is 1.78 bits per heavy atom. The van der Waals surface area contributed by atoms with Gasteiger partial charge in [-0.1, -0.05) is 73.9 Å². The molecule has 0 spiro atoms. The molecule has 1 aromatic carbocycles. The van der Waals surface area contributed by atoms with E-state index in [1.165, 1.54) is 48.6 Å². The van der Waals surface area contributed by atoms with Crippen LogP contribution in [0.25, 0.3) is 0 Å². The third kappa shape index (κ3) is 18.7. The lowest BCUT2D eigenvalue weighted by Crippen LogP contribution is -2.63. The molecule has 2 aromatic rings. The smallest absolute Gasteiger partial charge is 0.326 e. The molecule has 0 bridgehead atoms. The molecular weight excluding hydrogens is 963 g/mol. The number of benzene rings is 1. The van der Waals surface area contributed by atoms with Gasteiger partial charge in [-0.3, -0.25) is 38.4 Å². The SMILES string of the molecule is CC[C@H](C)[C@H](NC(=O)[C@H](CO)NC(=O)[C@@H](N)Cc1cnc[nH]1)C(=O)N[C@H](C(=O)N[C@@H](Cc1ccc(O)cc1)C(=O)N[C@@H](CC(C)C)C(=O)N[C@@H](CC(C)C)C(=O)N1CCC[C@H]1C(=O)N[C@H](C(=O)O)C(C)C)[C@@H](C)O. The van der Waals surface area contributed by atoms with Gasteiger partial charge in [0.05, 0.1) is 25.1 Å². The molecule has 0 aliphatic carbocycles. The number of aromatic nitrogens is 2. The van der Waals surface area contributed by atoms with Gasteiger partial charge in [0, 0.05) is 31.3 Å². The second-order valence-corrected chi connectivity index (χ2v) is 20.3. The van der Waals surface area contributed by atoms with Gasteiger partial charge < -0.3 is 73.3 Å². The Morgan fingerprint density at radius 1 is 0.703 bits per heavy atom. The number of nitrogens with one attached hydrogen (secondary N) is 8. The van der Waals surface area contributed by atoms with Gasteiger partial charge >= 0.3 is 5.97 Å². The number of rotatable bonds is 29. The highest BCUT2D eigenvalue weighted by atomic mass is 16.4. The molecule has 24 nitrogen and oxygen atoms in total. The average Bonchev–Trinajstić information content (AvgIpc) is 4.05. The summed E-state index contributed by atoms with van der Waals surface area (Å²) >= 11 is 0. The number of aliphatic hydroxyl groups excluding tert-OH is 2. The number of nitrogens with two attached hydrogens (primary N) is 1. The van der Waals surface area contributed by atoms with Crippen molar-refractivity contribution >= 4 is 53.2 Å². The largest absolute Gasteiger partial charge is 0.508 e. The van der Waals surface area contributed by atoms with Crippen LogP contribution in [0.5, 0.6) is 5.75 Å². The number of phenolic OH excluding ortho intramolecular Hbond substituents is 1. The predicted molar refractivity (Wildman–Crippen MR) is 270 cm³/mol. The number of phenols is 1. The van der Waals surface area contributed by atoms with Crippen LogP contribution < -0.4 is 43.0 Å². The summed E-state index contributed by atoms with van der Waals surface area (Å²) in [4.78, 5) is 131. The molecule has 412 valence electrons. The number of likely N-dealkylation sites (tertiary alicyclic amines) is 1. The van der Waals surface area contributed by atoms with E-state index in [2.05, 4.69) is 47.2 Å². The number of carbonyl (C=O) groups is 9. The number of aromatic hydroxyl groups is 1. The van der Waals surface area contributed by atoms with Crippen LogP contribution in [0.15, 0.2) is 36.8 Å². The fourth-order valence-electron chi connectivity index (χ4n) is 8.35. The summed E-state index contributed by atoms with van der Waals surface area (Å²) in [5.74, 6) is -9.14. The summed E-state index contributed by atoms with van der Waals surface area (Å²) in [6.07, 6.45) is 2.38. The van der Waals surface area contributed by atoms with Gasteiger partial charge in [0.1, 0.15) is 54.1 Å². The van der Waals surface area contributed by atoms with Crippen molar-refractivity contribution in [2.24, 2.45) is 29.4 Å². The number of amides is 8. The zero-order valence-electron chi connectivity index (χ0n) is 43.8. The molecule has 8 amide bonds. The average molecular weight is 1040 g/mol. The van der Waals surface area contributed by atoms with E-state index in [-0.39, 0.29) is 56.2 Å². The summed E-state index contributed by atoms with van der Waals surface area (Å²) < 4.78 is 0. The van der Waals surface area contributed by atoms with Crippen LogP contribution in [-0.2, 0) is 56.0 Å². The van der Waals surface area contributed by atoms with Crippen LogP contribution in [0.3, 0.4) is 0 Å². The van der Waals surface area contributed by atoms with E-state index in [9.17, 15) is 63.6 Å².